The van der Waals surface area contributed by atoms with Gasteiger partial charge >= 0.3 is 11.9 Å². The summed E-state index contributed by atoms with van der Waals surface area (Å²) in [7, 11) is 1.61. The van der Waals surface area contributed by atoms with Crippen LogP contribution in [-0.4, -0.2) is 78.8 Å². The van der Waals surface area contributed by atoms with Crippen LogP contribution >= 0.6 is 0 Å². The highest BCUT2D eigenvalue weighted by Crippen LogP contribution is 2.30. The number of rotatable bonds is 21. The fraction of sp³-hybridized carbons (Fsp3) is 0.641. The number of nitrogens with zero attached hydrogens (tertiary/aromatic N) is 5. The lowest BCUT2D eigenvalue weighted by Crippen LogP contribution is -2.38. The summed E-state index contributed by atoms with van der Waals surface area (Å²) in [5.41, 5.74) is 8.16. The minimum atomic E-state index is -0.629. The van der Waals surface area contributed by atoms with Crippen LogP contribution in [0.1, 0.15) is 141 Å². The molecule has 2 aromatic heterocycles. The summed E-state index contributed by atoms with van der Waals surface area (Å²) in [6.07, 6.45) is 6.24. The van der Waals surface area contributed by atoms with E-state index in [1.807, 2.05) is 59.7 Å². The minimum Gasteiger partial charge on any atom is -0.496 e. The number of hydrogen-bond donors (Lipinski definition) is 4. The predicted octanol–water partition coefficient (Wildman–Crippen LogP) is 5.80. The number of amides is 1. The molecule has 0 radical (unpaired) electrons. The molecule has 298 valence electrons. The smallest absolute Gasteiger partial charge is 0.308 e. The SMILES string of the molecule is CCCCC(CC(=O)OC(C)(C)C)NC(=O)CCc1nc(N)nc(NC(CCCC)CC(=O)OC(C)(C)C)c1Cc1cc(Cc2nn[nH]n2)ccc1OC. The van der Waals surface area contributed by atoms with Gasteiger partial charge in [0, 0.05) is 36.9 Å². The Kier molecular flexibility index (Phi) is 16.6. The van der Waals surface area contributed by atoms with Gasteiger partial charge in [0.15, 0.2) is 5.82 Å². The van der Waals surface area contributed by atoms with Crippen LogP contribution in [-0.2, 0) is 43.1 Å². The fourth-order valence-electron chi connectivity index (χ4n) is 6.02. The first kappa shape index (κ1) is 43.6. The van der Waals surface area contributed by atoms with E-state index in [0.29, 0.717) is 54.3 Å². The Morgan fingerprint density at radius 2 is 1.52 bits per heavy atom. The molecule has 2 atom stereocenters. The van der Waals surface area contributed by atoms with Gasteiger partial charge in [0.25, 0.3) is 0 Å². The normalized spacial score (nSPS) is 12.8. The third-order valence-corrected chi connectivity index (χ3v) is 8.35. The Hall–Kier alpha value is -4.82. The largest absolute Gasteiger partial charge is 0.496 e. The number of ether oxygens (including phenoxy) is 3. The van der Waals surface area contributed by atoms with Gasteiger partial charge in [0.2, 0.25) is 11.9 Å². The number of aryl methyl sites for hydroxylation is 1. The first-order chi connectivity index (χ1) is 25.5. The quantitative estimate of drug-likeness (QED) is 0.0950. The number of nitrogen functional groups attached to an aromatic ring is 1. The van der Waals surface area contributed by atoms with E-state index in [2.05, 4.69) is 55.1 Å². The number of nitrogens with one attached hydrogen (secondary N) is 3. The summed E-state index contributed by atoms with van der Waals surface area (Å²) in [6, 6.07) is 5.17. The molecule has 0 spiro atoms. The molecule has 0 saturated heterocycles. The molecule has 1 aromatic carbocycles. The second-order valence-corrected chi connectivity index (χ2v) is 15.7. The van der Waals surface area contributed by atoms with Crippen LogP contribution in [0.15, 0.2) is 18.2 Å². The second-order valence-electron chi connectivity index (χ2n) is 15.7. The summed E-state index contributed by atoms with van der Waals surface area (Å²) in [6.45, 7) is 15.1. The van der Waals surface area contributed by atoms with Crippen molar-refractivity contribution in [1.82, 2.24) is 35.9 Å². The number of H-pyrrole nitrogens is 1. The van der Waals surface area contributed by atoms with Crippen molar-refractivity contribution in [3.8, 4) is 5.75 Å². The zero-order valence-corrected chi connectivity index (χ0v) is 33.6. The maximum Gasteiger partial charge on any atom is 0.308 e. The Balaban J connectivity index is 1.99. The molecule has 0 aliphatic heterocycles. The van der Waals surface area contributed by atoms with E-state index in [-0.39, 0.29) is 61.6 Å². The van der Waals surface area contributed by atoms with Crippen LogP contribution < -0.4 is 21.1 Å². The van der Waals surface area contributed by atoms with E-state index < -0.39 is 11.2 Å². The standard InChI is InChI=1S/C39H61N9O6/c1-10-12-14-27(23-34(50)53-38(3,4)5)41-33(49)19-17-30-29(22-26-20-25(16-18-31(26)52-9)21-32-45-47-48-46-32)36(44-37(40)43-30)42-28(15-13-11-2)24-35(51)54-39(6,7)8/h16,18,20,27-28H,10-15,17,19,21-24H2,1-9H3,(H,41,49)(H3,40,42,43,44)(H,45,46,47,48). The van der Waals surface area contributed by atoms with Gasteiger partial charge in [-0.25, -0.2) is 4.98 Å². The third-order valence-electron chi connectivity index (χ3n) is 8.35. The third kappa shape index (κ3) is 15.7. The predicted molar refractivity (Wildman–Crippen MR) is 207 cm³/mol. The minimum absolute atomic E-state index is 0.0340. The number of carbonyl (C=O) groups excluding carboxylic acids is 3. The van der Waals surface area contributed by atoms with Gasteiger partial charge in [-0.1, -0.05) is 56.9 Å². The lowest BCUT2D eigenvalue weighted by atomic mass is 9.97. The molecular formula is C39H61N9O6. The van der Waals surface area contributed by atoms with Crippen molar-refractivity contribution in [3.05, 3.63) is 46.4 Å². The van der Waals surface area contributed by atoms with Crippen molar-refractivity contribution >= 4 is 29.6 Å². The topological polar surface area (TPSA) is 209 Å². The molecule has 0 aliphatic carbocycles. The van der Waals surface area contributed by atoms with Crippen molar-refractivity contribution in [2.24, 2.45) is 0 Å². The maximum atomic E-state index is 13.5. The number of carbonyl (C=O) groups is 3. The lowest BCUT2D eigenvalue weighted by Gasteiger charge is -2.25. The number of aromatic amines is 1. The van der Waals surface area contributed by atoms with Crippen molar-refractivity contribution in [2.45, 2.75) is 156 Å². The summed E-state index contributed by atoms with van der Waals surface area (Å²) < 4.78 is 17.0. The number of hydrogen-bond acceptors (Lipinski definition) is 13. The molecule has 2 unspecified atom stereocenters. The van der Waals surface area contributed by atoms with E-state index in [9.17, 15) is 14.4 Å². The van der Waals surface area contributed by atoms with Crippen molar-refractivity contribution in [2.75, 3.05) is 18.2 Å². The molecule has 0 fully saturated rings. The molecule has 0 bridgehead atoms. The summed E-state index contributed by atoms with van der Waals surface area (Å²) in [4.78, 5) is 48.5. The molecule has 54 heavy (non-hydrogen) atoms. The Morgan fingerprint density at radius 1 is 0.889 bits per heavy atom. The first-order valence-electron chi connectivity index (χ1n) is 19.0. The number of aromatic nitrogens is 6. The molecule has 1 amide bonds. The maximum absolute atomic E-state index is 13.5. The average Bonchev–Trinajstić information content (AvgIpc) is 3.57. The lowest BCUT2D eigenvalue weighted by molar-refractivity contribution is -0.156. The molecule has 15 heteroatoms. The molecule has 0 aliphatic rings. The van der Waals surface area contributed by atoms with Crippen LogP contribution in [0.25, 0.3) is 0 Å². The highest BCUT2D eigenvalue weighted by molar-refractivity contribution is 5.78. The molecular weight excluding hydrogens is 690 g/mol. The van der Waals surface area contributed by atoms with Crippen LogP contribution in [0.3, 0.4) is 0 Å². The summed E-state index contributed by atoms with van der Waals surface area (Å²) >= 11 is 0. The molecule has 3 rings (SSSR count). The van der Waals surface area contributed by atoms with E-state index >= 15 is 0 Å². The fourth-order valence-corrected chi connectivity index (χ4v) is 6.02. The van der Waals surface area contributed by atoms with Crippen molar-refractivity contribution in [3.63, 3.8) is 0 Å². The number of anilines is 2. The summed E-state index contributed by atoms with van der Waals surface area (Å²) in [5.74, 6) is 0.797. The number of nitrogens with two attached hydrogens (primary N) is 1. The number of unbranched alkanes of at least 4 members (excludes halogenated alkanes) is 2. The van der Waals surface area contributed by atoms with Gasteiger partial charge in [-0.05, 0) is 78.0 Å². The van der Waals surface area contributed by atoms with Gasteiger partial charge in [-0.2, -0.15) is 10.2 Å². The first-order valence-corrected chi connectivity index (χ1v) is 19.0. The van der Waals surface area contributed by atoms with Crippen molar-refractivity contribution < 1.29 is 28.6 Å². The monoisotopic (exact) mass is 751 g/mol. The van der Waals surface area contributed by atoms with E-state index in [1.54, 1.807) is 7.11 Å². The molecule has 3 aromatic rings. The second kappa shape index (κ2) is 20.6. The Bertz CT molecular complexity index is 1650. The van der Waals surface area contributed by atoms with E-state index in [1.165, 1.54) is 0 Å². The van der Waals surface area contributed by atoms with E-state index in [4.69, 9.17) is 19.9 Å². The van der Waals surface area contributed by atoms with Gasteiger partial charge in [-0.15, -0.1) is 10.2 Å². The molecule has 2 heterocycles. The number of tetrazole rings is 1. The highest BCUT2D eigenvalue weighted by atomic mass is 16.6. The zero-order valence-electron chi connectivity index (χ0n) is 33.6. The van der Waals surface area contributed by atoms with Gasteiger partial charge in [0.05, 0.1) is 25.6 Å². The molecule has 0 saturated carbocycles. The van der Waals surface area contributed by atoms with Gasteiger partial charge in [-0.3, -0.25) is 14.4 Å². The summed E-state index contributed by atoms with van der Waals surface area (Å²) in [5, 5.41) is 20.9. The molecule has 5 N–H and O–H groups in total. The Morgan fingerprint density at radius 3 is 2.09 bits per heavy atom. The average molecular weight is 752 g/mol. The number of esters is 2. The van der Waals surface area contributed by atoms with Crippen LogP contribution in [0.2, 0.25) is 0 Å². The van der Waals surface area contributed by atoms with Crippen LogP contribution in [0, 0.1) is 0 Å². The molecule has 15 nitrogen and oxygen atoms in total. The van der Waals surface area contributed by atoms with E-state index in [0.717, 1.165) is 36.8 Å². The van der Waals surface area contributed by atoms with Crippen LogP contribution in [0.4, 0.5) is 11.8 Å². The zero-order chi connectivity index (χ0) is 39.9. The number of methoxy groups -OCH3 is 1. The van der Waals surface area contributed by atoms with Gasteiger partial charge < -0.3 is 30.6 Å². The van der Waals surface area contributed by atoms with Gasteiger partial charge in [0.1, 0.15) is 22.8 Å². The highest BCUT2D eigenvalue weighted by Gasteiger charge is 2.25. The van der Waals surface area contributed by atoms with Crippen LogP contribution in [0.5, 0.6) is 5.75 Å². The Labute approximate surface area is 319 Å². The number of benzene rings is 1. The van der Waals surface area contributed by atoms with Crippen molar-refractivity contribution in [1.29, 1.82) is 0 Å².